The standard InChI is InChI=1S/C21H21FN6O/c22-17-9-13(12-28-7-6-23-19(17)28)15-10-24-18-16(15)11-25-20(27-18)26-14-1-3-21(4-2-14)5-8-29-21/h6-7,9-12,14H,1-5,8H2,(H2,24,25,26,27)/t14-,21+. The highest BCUT2D eigenvalue weighted by atomic mass is 19.1. The number of nitrogens with zero attached hydrogens (tertiary/aromatic N) is 4. The van der Waals surface area contributed by atoms with Crippen molar-refractivity contribution in [2.75, 3.05) is 11.9 Å². The molecule has 2 fully saturated rings. The Bertz CT molecular complexity index is 1200. The molecule has 5 heterocycles. The smallest absolute Gasteiger partial charge is 0.224 e. The maximum absolute atomic E-state index is 14.3. The third kappa shape index (κ3) is 2.78. The minimum Gasteiger partial charge on any atom is -0.375 e. The van der Waals surface area contributed by atoms with Crippen LogP contribution in [0, 0.1) is 5.82 Å². The number of nitrogens with one attached hydrogen (secondary N) is 2. The van der Waals surface area contributed by atoms with E-state index in [9.17, 15) is 4.39 Å². The number of imidazole rings is 1. The molecule has 4 aromatic heterocycles. The van der Waals surface area contributed by atoms with Crippen molar-refractivity contribution in [1.29, 1.82) is 0 Å². The van der Waals surface area contributed by atoms with E-state index in [4.69, 9.17) is 4.74 Å². The van der Waals surface area contributed by atoms with Crippen LogP contribution in [0.1, 0.15) is 32.1 Å². The first-order valence-electron chi connectivity index (χ1n) is 10.1. The zero-order valence-electron chi connectivity index (χ0n) is 15.9. The van der Waals surface area contributed by atoms with Crippen LogP contribution < -0.4 is 5.32 Å². The molecule has 2 aliphatic rings. The van der Waals surface area contributed by atoms with Gasteiger partial charge in [-0.15, -0.1) is 0 Å². The maximum atomic E-state index is 14.3. The van der Waals surface area contributed by atoms with Crippen molar-refractivity contribution < 1.29 is 9.13 Å². The predicted molar refractivity (Wildman–Crippen MR) is 107 cm³/mol. The number of aromatic amines is 1. The van der Waals surface area contributed by atoms with Gasteiger partial charge in [0.25, 0.3) is 0 Å². The van der Waals surface area contributed by atoms with E-state index in [2.05, 4.69) is 25.3 Å². The number of rotatable bonds is 3. The second-order valence-corrected chi connectivity index (χ2v) is 8.09. The molecule has 7 nitrogen and oxygen atoms in total. The number of fused-ring (bicyclic) bond motifs is 2. The van der Waals surface area contributed by atoms with Gasteiger partial charge in [0.1, 0.15) is 5.65 Å². The van der Waals surface area contributed by atoms with Crippen LogP contribution in [0.5, 0.6) is 0 Å². The molecule has 0 atom stereocenters. The molecular formula is C21H21FN6O. The summed E-state index contributed by atoms with van der Waals surface area (Å²) >= 11 is 0. The fourth-order valence-electron chi connectivity index (χ4n) is 4.61. The van der Waals surface area contributed by atoms with E-state index in [1.807, 2.05) is 12.4 Å². The molecule has 1 aliphatic heterocycles. The van der Waals surface area contributed by atoms with Gasteiger partial charge >= 0.3 is 0 Å². The molecule has 1 saturated carbocycles. The second-order valence-electron chi connectivity index (χ2n) is 8.09. The Balaban J connectivity index is 1.26. The Labute approximate surface area is 166 Å². The number of H-pyrrole nitrogens is 1. The Morgan fingerprint density at radius 1 is 1.24 bits per heavy atom. The van der Waals surface area contributed by atoms with Crippen LogP contribution in [0.2, 0.25) is 0 Å². The van der Waals surface area contributed by atoms with Gasteiger partial charge in [-0.3, -0.25) is 0 Å². The SMILES string of the molecule is Fc1cc(-c2c[nH]c3nc(N[C@H]4CC[C@]5(CCO5)CC4)ncc23)cn2ccnc12. The van der Waals surface area contributed by atoms with E-state index in [1.54, 1.807) is 23.0 Å². The van der Waals surface area contributed by atoms with Gasteiger partial charge in [-0.1, -0.05) is 0 Å². The summed E-state index contributed by atoms with van der Waals surface area (Å²) in [5.74, 6) is 0.268. The number of hydrogen-bond acceptors (Lipinski definition) is 5. The lowest BCUT2D eigenvalue weighted by Gasteiger charge is -2.46. The van der Waals surface area contributed by atoms with Crippen LogP contribution in [-0.2, 0) is 4.74 Å². The average Bonchev–Trinajstić information content (AvgIpc) is 3.34. The van der Waals surface area contributed by atoms with E-state index in [0.717, 1.165) is 54.5 Å². The van der Waals surface area contributed by atoms with E-state index in [-0.39, 0.29) is 11.4 Å². The fourth-order valence-corrected chi connectivity index (χ4v) is 4.61. The van der Waals surface area contributed by atoms with Crippen LogP contribution in [0.4, 0.5) is 10.3 Å². The lowest BCUT2D eigenvalue weighted by atomic mass is 9.77. The molecule has 0 unspecified atom stereocenters. The molecule has 1 spiro atoms. The van der Waals surface area contributed by atoms with Crippen molar-refractivity contribution in [3.63, 3.8) is 0 Å². The highest BCUT2D eigenvalue weighted by Gasteiger charge is 2.41. The van der Waals surface area contributed by atoms with Crippen LogP contribution in [0.15, 0.2) is 37.1 Å². The minimum absolute atomic E-state index is 0.156. The van der Waals surface area contributed by atoms with Crippen molar-refractivity contribution in [2.45, 2.75) is 43.7 Å². The van der Waals surface area contributed by atoms with Gasteiger partial charge in [0.2, 0.25) is 5.95 Å². The summed E-state index contributed by atoms with van der Waals surface area (Å²) in [7, 11) is 0. The number of aromatic nitrogens is 5. The van der Waals surface area contributed by atoms with Crippen LogP contribution in [0.3, 0.4) is 0 Å². The van der Waals surface area contributed by atoms with Gasteiger partial charge in [0.05, 0.1) is 12.2 Å². The van der Waals surface area contributed by atoms with Gasteiger partial charge in [-0.05, 0) is 38.2 Å². The average molecular weight is 392 g/mol. The number of anilines is 1. The molecule has 0 aromatic carbocycles. The van der Waals surface area contributed by atoms with Crippen molar-refractivity contribution in [3.8, 4) is 11.1 Å². The zero-order chi connectivity index (χ0) is 19.4. The molecule has 4 aromatic rings. The van der Waals surface area contributed by atoms with Crippen LogP contribution >= 0.6 is 0 Å². The maximum Gasteiger partial charge on any atom is 0.224 e. The van der Waals surface area contributed by atoms with Crippen molar-refractivity contribution >= 4 is 22.6 Å². The molecule has 8 heteroatoms. The molecule has 0 amide bonds. The normalized spacial score (nSPS) is 24.2. The van der Waals surface area contributed by atoms with Gasteiger partial charge < -0.3 is 19.4 Å². The van der Waals surface area contributed by atoms with Crippen molar-refractivity contribution in [1.82, 2.24) is 24.3 Å². The number of pyridine rings is 1. The Hall–Kier alpha value is -3.00. The van der Waals surface area contributed by atoms with E-state index < -0.39 is 0 Å². The van der Waals surface area contributed by atoms with Crippen molar-refractivity contribution in [2.24, 2.45) is 0 Å². The molecule has 0 bridgehead atoms. The second kappa shape index (κ2) is 6.25. The summed E-state index contributed by atoms with van der Waals surface area (Å²) in [5, 5.41) is 4.33. The third-order valence-corrected chi connectivity index (χ3v) is 6.38. The lowest BCUT2D eigenvalue weighted by Crippen LogP contribution is -2.48. The zero-order valence-corrected chi connectivity index (χ0v) is 15.9. The van der Waals surface area contributed by atoms with Gasteiger partial charge in [0, 0.05) is 53.5 Å². The van der Waals surface area contributed by atoms with E-state index >= 15 is 0 Å². The Kier molecular flexibility index (Phi) is 3.64. The highest BCUT2D eigenvalue weighted by Crippen LogP contribution is 2.41. The quantitative estimate of drug-likeness (QED) is 0.552. The van der Waals surface area contributed by atoms with Gasteiger partial charge in [-0.2, -0.15) is 4.98 Å². The molecule has 148 valence electrons. The predicted octanol–water partition coefficient (Wildman–Crippen LogP) is 3.93. The van der Waals surface area contributed by atoms with Crippen LogP contribution in [0.25, 0.3) is 27.8 Å². The summed E-state index contributed by atoms with van der Waals surface area (Å²) in [6, 6.07) is 1.87. The van der Waals surface area contributed by atoms with Gasteiger partial charge in [0.15, 0.2) is 11.5 Å². The first-order valence-corrected chi connectivity index (χ1v) is 10.1. The summed E-state index contributed by atoms with van der Waals surface area (Å²) < 4.78 is 21.8. The monoisotopic (exact) mass is 392 g/mol. The summed E-state index contributed by atoms with van der Waals surface area (Å²) in [4.78, 5) is 16.4. The van der Waals surface area contributed by atoms with Crippen LogP contribution in [-0.4, -0.2) is 42.6 Å². The topological polar surface area (TPSA) is 80.1 Å². The summed E-state index contributed by atoms with van der Waals surface area (Å²) in [6.45, 7) is 0.907. The van der Waals surface area contributed by atoms with E-state index in [1.165, 1.54) is 12.5 Å². The molecule has 29 heavy (non-hydrogen) atoms. The van der Waals surface area contributed by atoms with Crippen molar-refractivity contribution in [3.05, 3.63) is 42.9 Å². The third-order valence-electron chi connectivity index (χ3n) is 6.38. The summed E-state index contributed by atoms with van der Waals surface area (Å²) in [6.07, 6.45) is 14.4. The minimum atomic E-state index is -0.355. The first kappa shape index (κ1) is 16.9. The summed E-state index contributed by atoms with van der Waals surface area (Å²) in [5.41, 5.74) is 2.82. The molecule has 1 aliphatic carbocycles. The molecule has 1 saturated heterocycles. The Morgan fingerprint density at radius 2 is 2.10 bits per heavy atom. The highest BCUT2D eigenvalue weighted by molar-refractivity contribution is 5.93. The fraction of sp³-hybridized carbons (Fsp3) is 0.381. The lowest BCUT2D eigenvalue weighted by molar-refractivity contribution is -0.165. The first-order chi connectivity index (χ1) is 14.2. The van der Waals surface area contributed by atoms with Gasteiger partial charge in [-0.25, -0.2) is 14.4 Å². The molecule has 2 N–H and O–H groups in total. The molecule has 6 rings (SSSR count). The molecule has 0 radical (unpaired) electrons. The largest absolute Gasteiger partial charge is 0.375 e. The number of ether oxygens (including phenoxy) is 1. The molecular weight excluding hydrogens is 371 g/mol. The number of hydrogen-bond donors (Lipinski definition) is 2. The Morgan fingerprint density at radius 3 is 2.90 bits per heavy atom. The number of halogens is 1. The van der Waals surface area contributed by atoms with E-state index in [0.29, 0.717) is 17.6 Å².